The van der Waals surface area contributed by atoms with Crippen molar-refractivity contribution in [3.05, 3.63) is 84.8 Å². The number of hydrogen-bond acceptors (Lipinski definition) is 5. The number of amides is 1. The van der Waals surface area contributed by atoms with E-state index in [9.17, 15) is 26.4 Å². The summed E-state index contributed by atoms with van der Waals surface area (Å²) in [5.74, 6) is -0.0216. The monoisotopic (exact) mass is 611 g/mol. The number of carbonyl (C=O) groups excluding carboxylic acids is 1. The van der Waals surface area contributed by atoms with Gasteiger partial charge >= 0.3 is 6.18 Å². The van der Waals surface area contributed by atoms with Crippen LogP contribution in [-0.4, -0.2) is 55.0 Å². The Hall–Kier alpha value is -4.06. The van der Waals surface area contributed by atoms with Crippen LogP contribution in [0.3, 0.4) is 0 Å². The summed E-state index contributed by atoms with van der Waals surface area (Å²) in [5.41, 5.74) is 0.917. The van der Waals surface area contributed by atoms with Gasteiger partial charge in [0.2, 0.25) is 5.91 Å². The van der Waals surface area contributed by atoms with Crippen molar-refractivity contribution in [1.82, 2.24) is 14.5 Å². The Labute approximate surface area is 248 Å². The molecule has 0 bridgehead atoms. The molecule has 1 amide bonds. The first-order valence-electron chi connectivity index (χ1n) is 14.2. The molecule has 0 unspecified atom stereocenters. The van der Waals surface area contributed by atoms with Crippen molar-refractivity contribution in [3.63, 3.8) is 0 Å². The van der Waals surface area contributed by atoms with E-state index in [4.69, 9.17) is 0 Å². The lowest BCUT2D eigenvalue weighted by Gasteiger charge is -2.47. The molecule has 43 heavy (non-hydrogen) atoms. The number of nitrogens with zero attached hydrogens (tertiary/aromatic N) is 4. The van der Waals surface area contributed by atoms with Crippen LogP contribution in [0, 0.1) is 5.41 Å². The topological polar surface area (TPSA) is 87.5 Å². The quantitative estimate of drug-likeness (QED) is 0.300. The van der Waals surface area contributed by atoms with E-state index in [0.717, 1.165) is 62.4 Å². The summed E-state index contributed by atoms with van der Waals surface area (Å²) < 4.78 is 70.3. The Kier molecular flexibility index (Phi) is 7.57. The molecule has 4 aromatic rings. The zero-order chi connectivity index (χ0) is 30.2. The summed E-state index contributed by atoms with van der Waals surface area (Å²) >= 11 is 0. The Morgan fingerprint density at radius 3 is 2.28 bits per heavy atom. The minimum absolute atomic E-state index is 0.0216. The molecule has 1 spiro atoms. The van der Waals surface area contributed by atoms with E-state index in [1.165, 1.54) is 23.9 Å². The third-order valence-electron chi connectivity index (χ3n) is 8.84. The SMILES string of the molecule is O=C(Cn1ccc2ccc(NS(=O)(=O)c3ccccc3C(F)(F)F)cc21)N1CCC2(CC1)CCN(c1ccncc1)CC2. The molecule has 2 fully saturated rings. The summed E-state index contributed by atoms with van der Waals surface area (Å²) in [6.07, 6.45) is 4.66. The van der Waals surface area contributed by atoms with Gasteiger partial charge in [-0.15, -0.1) is 0 Å². The molecular formula is C31H32F3N5O3S. The number of fused-ring (bicyclic) bond motifs is 1. The van der Waals surface area contributed by atoms with Crippen molar-refractivity contribution >= 4 is 38.2 Å². The van der Waals surface area contributed by atoms with Gasteiger partial charge in [-0.3, -0.25) is 14.5 Å². The number of aromatic nitrogens is 2. The highest BCUT2D eigenvalue weighted by Crippen LogP contribution is 2.42. The number of piperidine rings is 2. The van der Waals surface area contributed by atoms with Crippen LogP contribution in [0.25, 0.3) is 10.9 Å². The minimum atomic E-state index is -4.82. The Morgan fingerprint density at radius 2 is 1.58 bits per heavy atom. The fraction of sp³-hybridized carbons (Fsp3) is 0.355. The van der Waals surface area contributed by atoms with Crippen molar-refractivity contribution < 1.29 is 26.4 Å². The highest BCUT2D eigenvalue weighted by atomic mass is 32.2. The normalized spacial score (nSPS) is 17.4. The Balaban J connectivity index is 1.10. The highest BCUT2D eigenvalue weighted by Gasteiger charge is 2.39. The molecule has 2 aliphatic heterocycles. The molecule has 4 heterocycles. The first-order chi connectivity index (χ1) is 20.5. The molecular weight excluding hydrogens is 579 g/mol. The molecule has 0 saturated carbocycles. The highest BCUT2D eigenvalue weighted by molar-refractivity contribution is 7.92. The molecule has 6 rings (SSSR count). The molecule has 1 N–H and O–H groups in total. The second kappa shape index (κ2) is 11.2. The van der Waals surface area contributed by atoms with Crippen molar-refractivity contribution in [2.75, 3.05) is 35.8 Å². The van der Waals surface area contributed by atoms with E-state index in [-0.39, 0.29) is 23.6 Å². The average molecular weight is 612 g/mol. The number of sulfonamides is 1. The zero-order valence-corrected chi connectivity index (χ0v) is 24.2. The van der Waals surface area contributed by atoms with Crippen LogP contribution in [0.1, 0.15) is 31.2 Å². The number of alkyl halides is 3. The van der Waals surface area contributed by atoms with Gasteiger partial charge in [-0.1, -0.05) is 18.2 Å². The van der Waals surface area contributed by atoms with Crippen molar-refractivity contribution in [1.29, 1.82) is 0 Å². The van der Waals surface area contributed by atoms with E-state index in [2.05, 4.69) is 14.6 Å². The smallest absolute Gasteiger partial charge is 0.371 e. The Bertz CT molecular complexity index is 1720. The van der Waals surface area contributed by atoms with Crippen LogP contribution in [-0.2, 0) is 27.5 Å². The van der Waals surface area contributed by atoms with Gasteiger partial charge in [-0.05, 0) is 78.9 Å². The van der Waals surface area contributed by atoms with E-state index < -0.39 is 26.7 Å². The molecule has 0 atom stereocenters. The third kappa shape index (κ3) is 6.06. The first-order valence-corrected chi connectivity index (χ1v) is 15.7. The van der Waals surface area contributed by atoms with Gasteiger partial charge in [0, 0.05) is 50.5 Å². The molecule has 2 saturated heterocycles. The van der Waals surface area contributed by atoms with Gasteiger partial charge in [0.15, 0.2) is 0 Å². The summed E-state index contributed by atoms with van der Waals surface area (Å²) in [7, 11) is -4.53. The molecule has 2 aliphatic rings. The maximum atomic E-state index is 13.5. The third-order valence-corrected chi connectivity index (χ3v) is 10.3. The number of rotatable bonds is 6. The maximum Gasteiger partial charge on any atom is 0.417 e. The standard InChI is InChI=1S/C31H32F3N5O3S/c32-31(33,34)26-3-1-2-4-28(26)43(41,42)36-24-6-5-23-9-16-39(27(23)21-24)22-29(40)38-19-12-30(13-20-38)10-17-37(18-11-30)25-7-14-35-15-8-25/h1-9,14-16,21,36H,10-13,17-20,22H2. The van der Waals surface area contributed by atoms with Crippen LogP contribution in [0.5, 0.6) is 0 Å². The lowest BCUT2D eigenvalue weighted by molar-refractivity contribution is -0.140. The number of anilines is 2. The number of pyridine rings is 1. The molecule has 226 valence electrons. The number of benzene rings is 2. The zero-order valence-electron chi connectivity index (χ0n) is 23.4. The number of hydrogen-bond donors (Lipinski definition) is 1. The van der Waals surface area contributed by atoms with Crippen LogP contribution in [0.15, 0.2) is 84.1 Å². The summed E-state index contributed by atoms with van der Waals surface area (Å²) in [6, 6.07) is 14.7. The summed E-state index contributed by atoms with van der Waals surface area (Å²) in [4.78, 5) is 20.9. The predicted molar refractivity (Wildman–Crippen MR) is 158 cm³/mol. The van der Waals surface area contributed by atoms with Crippen molar-refractivity contribution in [2.24, 2.45) is 5.41 Å². The van der Waals surface area contributed by atoms with Crippen molar-refractivity contribution in [2.45, 2.75) is 43.3 Å². The number of nitrogens with one attached hydrogen (secondary N) is 1. The summed E-state index contributed by atoms with van der Waals surface area (Å²) in [5, 5.41) is 0.782. The largest absolute Gasteiger partial charge is 0.417 e. The van der Waals surface area contributed by atoms with Crippen LogP contribution in [0.2, 0.25) is 0 Å². The Morgan fingerprint density at radius 1 is 0.907 bits per heavy atom. The molecule has 0 radical (unpaired) electrons. The van der Waals surface area contributed by atoms with E-state index >= 15 is 0 Å². The molecule has 2 aromatic carbocycles. The van der Waals surface area contributed by atoms with Gasteiger partial charge in [-0.2, -0.15) is 13.2 Å². The van der Waals surface area contributed by atoms with Gasteiger partial charge in [0.1, 0.15) is 6.54 Å². The van der Waals surface area contributed by atoms with Crippen LogP contribution in [0.4, 0.5) is 24.5 Å². The number of carbonyl (C=O) groups is 1. The lowest BCUT2D eigenvalue weighted by Crippen LogP contribution is -2.48. The van der Waals surface area contributed by atoms with Crippen molar-refractivity contribution in [3.8, 4) is 0 Å². The van der Waals surface area contributed by atoms with E-state index in [0.29, 0.717) is 18.6 Å². The summed E-state index contributed by atoms with van der Waals surface area (Å²) in [6.45, 7) is 3.44. The predicted octanol–water partition coefficient (Wildman–Crippen LogP) is 5.77. The molecule has 0 aliphatic carbocycles. The number of halogens is 3. The van der Waals surface area contributed by atoms with Gasteiger partial charge in [0.05, 0.1) is 21.7 Å². The van der Waals surface area contributed by atoms with Crippen LogP contribution >= 0.6 is 0 Å². The molecule has 2 aromatic heterocycles. The van der Waals surface area contributed by atoms with Gasteiger partial charge in [-0.25, -0.2) is 8.42 Å². The fourth-order valence-corrected chi connectivity index (χ4v) is 7.58. The second-order valence-electron chi connectivity index (χ2n) is 11.4. The van der Waals surface area contributed by atoms with Gasteiger partial charge < -0.3 is 14.4 Å². The second-order valence-corrected chi connectivity index (χ2v) is 13.0. The molecule has 12 heteroatoms. The minimum Gasteiger partial charge on any atom is -0.371 e. The maximum absolute atomic E-state index is 13.5. The van der Waals surface area contributed by atoms with E-state index in [1.54, 1.807) is 16.8 Å². The lowest BCUT2D eigenvalue weighted by atomic mass is 9.71. The van der Waals surface area contributed by atoms with E-state index in [1.807, 2.05) is 35.5 Å². The molecule has 8 nitrogen and oxygen atoms in total. The number of likely N-dealkylation sites (tertiary alicyclic amines) is 1. The average Bonchev–Trinajstić information content (AvgIpc) is 3.39. The first kappa shape index (κ1) is 29.0. The van der Waals surface area contributed by atoms with Gasteiger partial charge in [0.25, 0.3) is 10.0 Å². The fourth-order valence-electron chi connectivity index (χ4n) is 6.30. The van der Waals surface area contributed by atoms with Crippen LogP contribution < -0.4 is 9.62 Å².